The number of hydrogen-bond acceptors (Lipinski definition) is 7. The van der Waals surface area contributed by atoms with Gasteiger partial charge in [0.2, 0.25) is 17.6 Å². The van der Waals surface area contributed by atoms with Crippen LogP contribution in [-0.4, -0.2) is 27.9 Å². The third kappa shape index (κ3) is 4.26. The van der Waals surface area contributed by atoms with Gasteiger partial charge in [-0.3, -0.25) is 9.59 Å². The number of carbonyl (C=O) groups excluding carboxylic acids is 2. The van der Waals surface area contributed by atoms with E-state index in [1.165, 1.54) is 12.5 Å². The fraction of sp³-hybridized carbons (Fsp3) is 0.400. The summed E-state index contributed by atoms with van der Waals surface area (Å²) in [7, 11) is 0. The van der Waals surface area contributed by atoms with E-state index in [9.17, 15) is 9.59 Å². The van der Waals surface area contributed by atoms with Gasteiger partial charge in [-0.2, -0.15) is 10.2 Å². The van der Waals surface area contributed by atoms with Crippen LogP contribution in [0.15, 0.2) is 27.5 Å². The molecule has 8 nitrogen and oxygen atoms in total. The van der Waals surface area contributed by atoms with Crippen LogP contribution in [-0.2, 0) is 16.0 Å². The molecule has 120 valence electrons. The van der Waals surface area contributed by atoms with Crippen LogP contribution in [0.2, 0.25) is 0 Å². The predicted octanol–water partition coefficient (Wildman–Crippen LogP) is 1.50. The molecule has 0 aliphatic rings. The molecule has 0 unspecified atom stereocenters. The van der Waals surface area contributed by atoms with Crippen LogP contribution in [0.25, 0.3) is 11.4 Å². The molecule has 0 aliphatic heterocycles. The van der Waals surface area contributed by atoms with Gasteiger partial charge in [-0.1, -0.05) is 5.16 Å². The lowest BCUT2D eigenvalue weighted by molar-refractivity contribution is -0.132. The molecule has 2 aromatic rings. The number of carbonyl (C=O) groups is 2. The monoisotopic (exact) mass is 316 g/mol. The molecular formula is C15H16N4O4. The second-order valence-electron chi connectivity index (χ2n) is 5.22. The number of aromatic nitrogens is 2. The largest absolute Gasteiger partial charge is 0.472 e. The van der Waals surface area contributed by atoms with Crippen LogP contribution < -0.4 is 5.32 Å². The lowest BCUT2D eigenvalue weighted by Crippen LogP contribution is -2.38. The summed E-state index contributed by atoms with van der Waals surface area (Å²) in [6.07, 6.45) is 3.09. The highest BCUT2D eigenvalue weighted by atomic mass is 16.5. The average molecular weight is 316 g/mol. The molecule has 2 rings (SSSR count). The third-order valence-electron chi connectivity index (χ3n) is 2.98. The van der Waals surface area contributed by atoms with Gasteiger partial charge in [0.25, 0.3) is 0 Å². The highest BCUT2D eigenvalue weighted by molar-refractivity contribution is 6.04. The first-order valence-electron chi connectivity index (χ1n) is 7.09. The topological polar surface area (TPSA) is 122 Å². The van der Waals surface area contributed by atoms with Gasteiger partial charge in [0.1, 0.15) is 6.26 Å². The van der Waals surface area contributed by atoms with Crippen molar-refractivity contribution in [3.63, 3.8) is 0 Å². The molecule has 0 aromatic carbocycles. The Morgan fingerprint density at radius 2 is 2.22 bits per heavy atom. The number of hydrogen-bond donors (Lipinski definition) is 1. The van der Waals surface area contributed by atoms with Gasteiger partial charge in [0.05, 0.1) is 17.9 Å². The van der Waals surface area contributed by atoms with Gasteiger partial charge in [0, 0.05) is 18.9 Å². The lowest BCUT2D eigenvalue weighted by Gasteiger charge is -2.11. The van der Waals surface area contributed by atoms with E-state index in [4.69, 9.17) is 14.2 Å². The standard InChI is InChI=1S/C15H16N4O4/c1-9(2)17-15(21)11(7-16)12(20)3-4-13-18-14(19-23-13)10-5-6-22-8-10/h5-6,8-9,11H,3-4H2,1-2H3,(H,17,21)/t11-/m0/s1. The zero-order valence-corrected chi connectivity index (χ0v) is 12.8. The summed E-state index contributed by atoms with van der Waals surface area (Å²) >= 11 is 0. The summed E-state index contributed by atoms with van der Waals surface area (Å²) in [6.45, 7) is 3.51. The second kappa shape index (κ2) is 7.35. The quantitative estimate of drug-likeness (QED) is 0.768. The summed E-state index contributed by atoms with van der Waals surface area (Å²) in [5.74, 6) is -1.77. The number of nitrogens with one attached hydrogen (secondary N) is 1. The van der Waals surface area contributed by atoms with Crippen LogP contribution in [0, 0.1) is 17.2 Å². The van der Waals surface area contributed by atoms with Crippen LogP contribution in [0.5, 0.6) is 0 Å². The normalized spacial score (nSPS) is 11.9. The molecule has 0 fully saturated rings. The SMILES string of the molecule is CC(C)NC(=O)[C@@H](C#N)C(=O)CCc1nc(-c2ccoc2)no1. The van der Waals surface area contributed by atoms with Crippen LogP contribution in [0.1, 0.15) is 26.2 Å². The van der Waals surface area contributed by atoms with Gasteiger partial charge in [0.15, 0.2) is 11.7 Å². The maximum Gasteiger partial charge on any atom is 0.245 e. The minimum atomic E-state index is -1.33. The maximum atomic E-state index is 12.0. The van der Waals surface area contributed by atoms with Crippen molar-refractivity contribution in [2.24, 2.45) is 5.92 Å². The van der Waals surface area contributed by atoms with Crippen molar-refractivity contribution in [1.29, 1.82) is 5.26 Å². The van der Waals surface area contributed by atoms with Gasteiger partial charge >= 0.3 is 0 Å². The first-order valence-corrected chi connectivity index (χ1v) is 7.09. The van der Waals surface area contributed by atoms with Crippen molar-refractivity contribution >= 4 is 11.7 Å². The fourth-order valence-electron chi connectivity index (χ4n) is 1.88. The molecule has 0 bridgehead atoms. The van der Waals surface area contributed by atoms with Crippen molar-refractivity contribution in [1.82, 2.24) is 15.5 Å². The molecule has 8 heteroatoms. The molecule has 1 N–H and O–H groups in total. The fourth-order valence-corrected chi connectivity index (χ4v) is 1.88. The van der Waals surface area contributed by atoms with E-state index in [1.54, 1.807) is 26.0 Å². The Bertz CT molecular complexity index is 712. The van der Waals surface area contributed by atoms with Gasteiger partial charge in [-0.15, -0.1) is 0 Å². The van der Waals surface area contributed by atoms with Crippen molar-refractivity contribution in [3.05, 3.63) is 24.5 Å². The molecule has 2 heterocycles. The molecule has 23 heavy (non-hydrogen) atoms. The molecule has 0 radical (unpaired) electrons. The zero-order valence-electron chi connectivity index (χ0n) is 12.8. The Kier molecular flexibility index (Phi) is 5.25. The summed E-state index contributed by atoms with van der Waals surface area (Å²) < 4.78 is 9.96. The Labute approximate surface area is 132 Å². The van der Waals surface area contributed by atoms with Gasteiger partial charge < -0.3 is 14.3 Å². The second-order valence-corrected chi connectivity index (χ2v) is 5.22. The summed E-state index contributed by atoms with van der Waals surface area (Å²) in [5, 5.41) is 15.3. The number of nitrogens with zero attached hydrogens (tertiary/aromatic N) is 3. The number of furan rings is 1. The van der Waals surface area contributed by atoms with E-state index in [0.717, 1.165) is 0 Å². The number of amides is 1. The number of Topliss-reactive ketones (excluding diaryl/α,β-unsaturated/α-hetero) is 1. The van der Waals surface area contributed by atoms with Crippen molar-refractivity contribution in [2.45, 2.75) is 32.7 Å². The summed E-state index contributed by atoms with van der Waals surface area (Å²) in [4.78, 5) is 27.9. The van der Waals surface area contributed by atoms with Crippen LogP contribution in [0.4, 0.5) is 0 Å². The Hall–Kier alpha value is -2.95. The number of nitriles is 1. The Morgan fingerprint density at radius 1 is 1.43 bits per heavy atom. The average Bonchev–Trinajstić information content (AvgIpc) is 3.16. The molecule has 2 aromatic heterocycles. The summed E-state index contributed by atoms with van der Waals surface area (Å²) in [5.41, 5.74) is 0.664. The Morgan fingerprint density at radius 3 is 2.83 bits per heavy atom. The number of rotatable bonds is 7. The van der Waals surface area contributed by atoms with Gasteiger partial charge in [-0.25, -0.2) is 0 Å². The van der Waals surface area contributed by atoms with Crippen LogP contribution >= 0.6 is 0 Å². The minimum absolute atomic E-state index is 0.0310. The van der Waals surface area contributed by atoms with Crippen LogP contribution in [0.3, 0.4) is 0 Å². The number of aryl methyl sites for hydroxylation is 1. The van der Waals surface area contributed by atoms with E-state index in [2.05, 4.69) is 15.5 Å². The molecule has 1 atom stereocenters. The predicted molar refractivity (Wildman–Crippen MR) is 77.7 cm³/mol. The first kappa shape index (κ1) is 16.4. The number of ketones is 1. The highest BCUT2D eigenvalue weighted by Gasteiger charge is 2.26. The van der Waals surface area contributed by atoms with Crippen molar-refractivity contribution in [2.75, 3.05) is 0 Å². The Balaban J connectivity index is 1.93. The van der Waals surface area contributed by atoms with Crippen molar-refractivity contribution in [3.8, 4) is 17.5 Å². The summed E-state index contributed by atoms with van der Waals surface area (Å²) in [6, 6.07) is 3.27. The third-order valence-corrected chi connectivity index (χ3v) is 2.98. The van der Waals surface area contributed by atoms with E-state index < -0.39 is 17.6 Å². The van der Waals surface area contributed by atoms with E-state index >= 15 is 0 Å². The van der Waals surface area contributed by atoms with E-state index in [0.29, 0.717) is 11.4 Å². The zero-order chi connectivity index (χ0) is 16.8. The van der Waals surface area contributed by atoms with Crippen molar-refractivity contribution < 1.29 is 18.5 Å². The van der Waals surface area contributed by atoms with E-state index in [-0.39, 0.29) is 24.8 Å². The lowest BCUT2D eigenvalue weighted by atomic mass is 10.0. The first-order chi connectivity index (χ1) is 11.0. The molecule has 0 saturated carbocycles. The van der Waals surface area contributed by atoms with Gasteiger partial charge in [-0.05, 0) is 19.9 Å². The molecule has 0 spiro atoms. The van der Waals surface area contributed by atoms with E-state index in [1.807, 2.05) is 0 Å². The molecular weight excluding hydrogens is 300 g/mol. The highest BCUT2D eigenvalue weighted by Crippen LogP contribution is 2.16. The maximum absolute atomic E-state index is 12.0. The minimum Gasteiger partial charge on any atom is -0.472 e. The smallest absolute Gasteiger partial charge is 0.245 e. The molecule has 0 aliphatic carbocycles. The molecule has 0 saturated heterocycles. The molecule has 1 amide bonds.